The first-order valence-corrected chi connectivity index (χ1v) is 29.6. The number of aliphatic hydroxyl groups excluding tert-OH is 13. The van der Waals surface area contributed by atoms with Crippen LogP contribution in [-0.2, 0) is 52.2 Å². The maximum Gasteiger partial charge on any atom is 0.187 e. The number of aliphatic hydroxyl groups is 14. The molecule has 14 N–H and O–H groups in total. The monoisotopic (exact) mass is 1190 g/mol. The van der Waals surface area contributed by atoms with Crippen molar-refractivity contribution in [1.29, 1.82) is 0 Å². The van der Waals surface area contributed by atoms with Gasteiger partial charge >= 0.3 is 0 Å². The summed E-state index contributed by atoms with van der Waals surface area (Å²) in [4.78, 5) is 14.3. The summed E-state index contributed by atoms with van der Waals surface area (Å²) >= 11 is 0. The third-order valence-electron chi connectivity index (χ3n) is 21.2. The molecule has 5 aliphatic heterocycles. The van der Waals surface area contributed by atoms with Crippen LogP contribution in [0.5, 0.6) is 0 Å². The Morgan fingerprint density at radius 3 is 1.83 bits per heavy atom. The number of carbonyl (C=O) groups excluding carboxylic acids is 1. The van der Waals surface area contributed by atoms with E-state index < -0.39 is 202 Å². The summed E-state index contributed by atoms with van der Waals surface area (Å²) in [5.41, 5.74) is -0.571. The Labute approximate surface area is 484 Å². The molecule has 5 heterocycles. The van der Waals surface area contributed by atoms with E-state index in [-0.39, 0.29) is 23.0 Å². The minimum absolute atomic E-state index is 0.0541. The Morgan fingerprint density at radius 2 is 1.22 bits per heavy atom. The van der Waals surface area contributed by atoms with Crippen molar-refractivity contribution in [2.75, 3.05) is 26.4 Å². The van der Waals surface area contributed by atoms with Gasteiger partial charge in [-0.3, -0.25) is 4.79 Å². The highest BCUT2D eigenvalue weighted by atomic mass is 16.8. The van der Waals surface area contributed by atoms with Crippen LogP contribution in [0.25, 0.3) is 0 Å². The average molecular weight is 1190 g/mol. The molecule has 0 aromatic carbocycles. The topological polar surface area (TPSA) is 393 Å². The molecule has 3 saturated carbocycles. The largest absolute Gasteiger partial charge is 0.394 e. The lowest BCUT2D eigenvalue weighted by Gasteiger charge is -2.64. The summed E-state index contributed by atoms with van der Waals surface area (Å²) in [6.45, 7) is 17.9. The summed E-state index contributed by atoms with van der Waals surface area (Å²) in [6.07, 6.45) is -30.4. The fourth-order valence-corrected chi connectivity index (χ4v) is 16.4. The van der Waals surface area contributed by atoms with Crippen molar-refractivity contribution in [2.24, 2.45) is 39.4 Å². The maximum atomic E-state index is 14.3. The normalized spacial score (nSPS) is 51.7. The van der Waals surface area contributed by atoms with Crippen molar-refractivity contribution in [3.63, 3.8) is 0 Å². The quantitative estimate of drug-likeness (QED) is 0.0556. The zero-order valence-electron chi connectivity index (χ0n) is 48.8. The Kier molecular flexibility index (Phi) is 19.7. The van der Waals surface area contributed by atoms with Crippen LogP contribution >= 0.6 is 0 Å². The van der Waals surface area contributed by atoms with Gasteiger partial charge in [0.2, 0.25) is 0 Å². The van der Waals surface area contributed by atoms with Gasteiger partial charge in [0, 0.05) is 6.42 Å². The molecule has 83 heavy (non-hydrogen) atoms. The van der Waals surface area contributed by atoms with Crippen LogP contribution in [0.4, 0.5) is 0 Å². The Balaban J connectivity index is 0.918. The molecule has 31 unspecified atom stereocenters. The fraction of sp³-hybridized carbons (Fsp3) is 0.914. The van der Waals surface area contributed by atoms with Crippen molar-refractivity contribution in [1.82, 2.24) is 0 Å². The number of ether oxygens (including phenoxy) is 10. The van der Waals surface area contributed by atoms with Crippen LogP contribution in [0.1, 0.15) is 113 Å². The zero-order chi connectivity index (χ0) is 60.8. The van der Waals surface area contributed by atoms with E-state index in [2.05, 4.69) is 47.3 Å². The molecule has 8 fully saturated rings. The number of allylic oxidation sites excluding steroid dienone is 3. The lowest BCUT2D eigenvalue weighted by atomic mass is 9.41. The standard InChI is InChI=1S/C58H94O25/c1-24(2)11-10-16-58(9,73)48-28(61)19-57(8)27-12-13-33-54(4,5)34(15-17-55(33,6)26(27)14-18-56(48,57)7)80-53-47(37(65)32(23-75-53)79-51-41(69)38(66)35(63)30(20-59)77-51)83-50-43(71)40(68)45(25(3)76-50)81-49-44(72)46(29(62)22-74-49)82-52-42(70)39(67)36(64)31(21-60)78-52/h14,25,27,29-53,59-60,62-73H,1,10-13,15-23H2,2-9H3. The third-order valence-corrected chi connectivity index (χ3v) is 21.2. The predicted octanol–water partition coefficient (Wildman–Crippen LogP) is -1.94. The van der Waals surface area contributed by atoms with Gasteiger partial charge in [-0.15, -0.1) is 6.58 Å². The fourth-order valence-electron chi connectivity index (χ4n) is 16.4. The third kappa shape index (κ3) is 11.8. The molecule has 0 aromatic heterocycles. The summed E-state index contributed by atoms with van der Waals surface area (Å²) in [5.74, 6) is -0.260. The van der Waals surface area contributed by atoms with E-state index in [1.807, 2.05) is 13.8 Å². The molecular weight excluding hydrogens is 1100 g/mol. The van der Waals surface area contributed by atoms with Crippen molar-refractivity contribution < 1.29 is 124 Å². The Hall–Kier alpha value is -1.81. The zero-order valence-corrected chi connectivity index (χ0v) is 48.8. The van der Waals surface area contributed by atoms with Crippen LogP contribution < -0.4 is 0 Å². The van der Waals surface area contributed by atoms with Gasteiger partial charge in [-0.25, -0.2) is 0 Å². The molecule has 0 aromatic rings. The van der Waals surface area contributed by atoms with E-state index in [1.165, 1.54) is 12.5 Å². The number of Topliss-reactive ketones (excluding diaryl/α,β-unsaturated/α-hetero) is 1. The van der Waals surface area contributed by atoms with Crippen LogP contribution in [0.15, 0.2) is 23.8 Å². The molecule has 0 bridgehead atoms. The van der Waals surface area contributed by atoms with Gasteiger partial charge in [0.05, 0.1) is 50.2 Å². The van der Waals surface area contributed by atoms with Crippen LogP contribution in [0.2, 0.25) is 0 Å². The maximum absolute atomic E-state index is 14.3. The molecule has 0 radical (unpaired) electrons. The molecule has 31 atom stereocenters. The average Bonchev–Trinajstić information content (AvgIpc) is 3.49. The highest BCUT2D eigenvalue weighted by Crippen LogP contribution is 2.73. The SMILES string of the molecule is C=C(C)CCCC(C)(O)C1C(=O)CC2(C)C3CCC4C(C)(CCC(OC5OCC(OC6OC(CO)C(O)C(O)C6O)C(O)C5OC5OC(C)C(OC6OCC(O)C(OC7OC(CO)C(O)C(O)C7O)C6O)C(O)C5O)C4(C)C)C3=CCC12C. The van der Waals surface area contributed by atoms with Crippen LogP contribution in [0.3, 0.4) is 0 Å². The van der Waals surface area contributed by atoms with E-state index >= 15 is 0 Å². The highest BCUT2D eigenvalue weighted by Gasteiger charge is 2.70. The second-order valence-electron chi connectivity index (χ2n) is 27.0. The van der Waals surface area contributed by atoms with Gasteiger partial charge in [0.15, 0.2) is 31.5 Å². The summed E-state index contributed by atoms with van der Waals surface area (Å²) < 4.78 is 60.1. The van der Waals surface area contributed by atoms with E-state index in [9.17, 15) is 76.3 Å². The van der Waals surface area contributed by atoms with Crippen molar-refractivity contribution in [3.8, 4) is 0 Å². The molecule has 4 aliphatic carbocycles. The van der Waals surface area contributed by atoms with E-state index in [1.54, 1.807) is 0 Å². The Bertz CT molecular complexity index is 2290. The number of hydrogen-bond donors (Lipinski definition) is 14. The van der Waals surface area contributed by atoms with Gasteiger partial charge in [-0.05, 0) is 106 Å². The number of rotatable bonds is 17. The summed E-state index contributed by atoms with van der Waals surface area (Å²) in [5, 5.41) is 153. The van der Waals surface area contributed by atoms with Gasteiger partial charge in [0.25, 0.3) is 0 Å². The van der Waals surface area contributed by atoms with Gasteiger partial charge in [-0.1, -0.05) is 51.8 Å². The van der Waals surface area contributed by atoms with E-state index in [0.29, 0.717) is 32.1 Å². The predicted molar refractivity (Wildman–Crippen MR) is 284 cm³/mol. The first kappa shape index (κ1) is 65.6. The first-order chi connectivity index (χ1) is 38.9. The second kappa shape index (κ2) is 24.9. The molecule has 25 heteroatoms. The van der Waals surface area contributed by atoms with Crippen molar-refractivity contribution >= 4 is 5.78 Å². The minimum Gasteiger partial charge on any atom is -0.394 e. The number of hydrogen-bond acceptors (Lipinski definition) is 25. The summed E-state index contributed by atoms with van der Waals surface area (Å²) in [6, 6.07) is 0. The smallest absolute Gasteiger partial charge is 0.187 e. The van der Waals surface area contributed by atoms with Crippen LogP contribution in [-0.4, -0.2) is 257 Å². The van der Waals surface area contributed by atoms with E-state index in [4.69, 9.17) is 47.4 Å². The number of carbonyl (C=O) groups is 1. The molecule has 9 aliphatic rings. The lowest BCUT2D eigenvalue weighted by Crippen LogP contribution is -2.66. The molecule has 5 saturated heterocycles. The van der Waals surface area contributed by atoms with Gasteiger partial charge < -0.3 is 119 Å². The number of fused-ring (bicyclic) bond motifs is 5. The minimum atomic E-state index is -1.96. The van der Waals surface area contributed by atoms with Crippen LogP contribution in [0, 0.1) is 39.4 Å². The molecule has 0 amide bonds. The first-order valence-electron chi connectivity index (χ1n) is 29.6. The Morgan fingerprint density at radius 1 is 0.651 bits per heavy atom. The van der Waals surface area contributed by atoms with Crippen molar-refractivity contribution in [2.45, 2.75) is 266 Å². The van der Waals surface area contributed by atoms with E-state index in [0.717, 1.165) is 31.3 Å². The molecule has 476 valence electrons. The highest BCUT2D eigenvalue weighted by molar-refractivity contribution is 5.87. The second-order valence-corrected chi connectivity index (χ2v) is 27.0. The van der Waals surface area contributed by atoms with Gasteiger partial charge in [0.1, 0.15) is 110 Å². The molecule has 25 nitrogen and oxygen atoms in total. The number of ketones is 1. The van der Waals surface area contributed by atoms with Gasteiger partial charge in [-0.2, -0.15) is 0 Å². The molecule has 9 rings (SSSR count). The molecular formula is C58H94O25. The summed E-state index contributed by atoms with van der Waals surface area (Å²) in [7, 11) is 0. The van der Waals surface area contributed by atoms with Crippen molar-refractivity contribution in [3.05, 3.63) is 23.8 Å². The molecule has 0 spiro atoms. The lowest BCUT2D eigenvalue weighted by molar-refractivity contribution is -0.390.